The molecule has 0 aromatic carbocycles. The lowest BCUT2D eigenvalue weighted by molar-refractivity contribution is -0.0242. The van der Waals surface area contributed by atoms with Gasteiger partial charge < -0.3 is 25.6 Å². The van der Waals surface area contributed by atoms with Crippen LogP contribution in [-0.4, -0.2) is 74.3 Å². The molecule has 34 heavy (non-hydrogen) atoms. The van der Waals surface area contributed by atoms with Crippen molar-refractivity contribution < 1.29 is 19.3 Å². The highest BCUT2D eigenvalue weighted by Gasteiger charge is 2.48. The van der Waals surface area contributed by atoms with Gasteiger partial charge in [-0.25, -0.2) is 14.4 Å². The standard InChI is InChI=1S/C23H31FN6O3S/c1-11-16(21-29-17-12(2)25-7-6-15(17)34-21)20(30-22(27-11)26-8-9-33-5)28-14-10-13(23(3,4)24)18(31)19(14)32/h6-7,13-14,18-19,31-32H,8-10H2,1-5H3,(H2,26,27,28,30). The Morgan fingerprint density at radius 2 is 1.94 bits per heavy atom. The molecule has 0 spiro atoms. The van der Waals surface area contributed by atoms with Crippen molar-refractivity contribution in [1.29, 1.82) is 0 Å². The molecule has 4 rings (SSSR count). The average molecular weight is 491 g/mol. The molecule has 1 aliphatic rings. The van der Waals surface area contributed by atoms with Crippen LogP contribution in [0, 0.1) is 19.8 Å². The summed E-state index contributed by atoms with van der Waals surface area (Å²) in [5.74, 6) is 0.155. The molecule has 3 aromatic heterocycles. The van der Waals surface area contributed by atoms with E-state index in [2.05, 4.69) is 25.6 Å². The van der Waals surface area contributed by atoms with Crippen LogP contribution in [0.3, 0.4) is 0 Å². The Hall–Kier alpha value is -2.47. The second-order valence-corrected chi connectivity index (χ2v) is 10.2. The zero-order valence-corrected chi connectivity index (χ0v) is 20.8. The van der Waals surface area contributed by atoms with E-state index in [9.17, 15) is 14.6 Å². The Labute approximate surface area is 201 Å². The van der Waals surface area contributed by atoms with E-state index >= 15 is 0 Å². The number of halogens is 1. The highest BCUT2D eigenvalue weighted by molar-refractivity contribution is 7.21. The lowest BCUT2D eigenvalue weighted by atomic mass is 9.89. The lowest BCUT2D eigenvalue weighted by Crippen LogP contribution is -2.38. The maximum absolute atomic E-state index is 14.7. The molecule has 0 radical (unpaired) electrons. The summed E-state index contributed by atoms with van der Waals surface area (Å²) in [5, 5.41) is 28.3. The van der Waals surface area contributed by atoms with E-state index in [1.54, 1.807) is 13.3 Å². The number of fused-ring (bicyclic) bond motifs is 1. The fourth-order valence-electron chi connectivity index (χ4n) is 4.40. The van der Waals surface area contributed by atoms with E-state index < -0.39 is 29.8 Å². The quantitative estimate of drug-likeness (QED) is 0.353. The Morgan fingerprint density at radius 3 is 2.59 bits per heavy atom. The van der Waals surface area contributed by atoms with Crippen LogP contribution in [-0.2, 0) is 4.74 Å². The van der Waals surface area contributed by atoms with E-state index in [-0.39, 0.29) is 6.42 Å². The van der Waals surface area contributed by atoms with Crippen molar-refractivity contribution in [1.82, 2.24) is 19.9 Å². The van der Waals surface area contributed by atoms with Crippen molar-refractivity contribution in [2.45, 2.75) is 58.0 Å². The monoisotopic (exact) mass is 490 g/mol. The lowest BCUT2D eigenvalue weighted by Gasteiger charge is -2.25. The molecule has 9 nitrogen and oxygen atoms in total. The number of ether oxygens (including phenoxy) is 1. The first kappa shape index (κ1) is 24.6. The maximum Gasteiger partial charge on any atom is 0.224 e. The largest absolute Gasteiger partial charge is 0.390 e. The van der Waals surface area contributed by atoms with Gasteiger partial charge in [-0.15, -0.1) is 11.3 Å². The van der Waals surface area contributed by atoms with Gasteiger partial charge in [0.25, 0.3) is 0 Å². The number of rotatable bonds is 8. The topological polar surface area (TPSA) is 125 Å². The van der Waals surface area contributed by atoms with Crippen molar-refractivity contribution in [2.75, 3.05) is 30.9 Å². The first-order valence-electron chi connectivity index (χ1n) is 11.3. The smallest absolute Gasteiger partial charge is 0.224 e. The summed E-state index contributed by atoms with van der Waals surface area (Å²) in [4.78, 5) is 18.4. The van der Waals surface area contributed by atoms with Gasteiger partial charge in [0, 0.05) is 25.8 Å². The van der Waals surface area contributed by atoms with E-state index in [0.717, 1.165) is 15.9 Å². The molecule has 1 fully saturated rings. The molecule has 0 saturated heterocycles. The number of pyridine rings is 1. The molecular weight excluding hydrogens is 459 g/mol. The van der Waals surface area contributed by atoms with Crippen LogP contribution in [0.15, 0.2) is 12.3 Å². The number of aliphatic hydroxyl groups is 2. The van der Waals surface area contributed by atoms with Gasteiger partial charge in [-0.2, -0.15) is 4.98 Å². The summed E-state index contributed by atoms with van der Waals surface area (Å²) in [6.45, 7) is 7.62. The summed E-state index contributed by atoms with van der Waals surface area (Å²) >= 11 is 1.50. The first-order chi connectivity index (χ1) is 16.1. The van der Waals surface area contributed by atoms with Crippen molar-refractivity contribution >= 4 is 33.3 Å². The molecule has 4 N–H and O–H groups in total. The van der Waals surface area contributed by atoms with E-state index in [0.29, 0.717) is 41.2 Å². The molecule has 184 valence electrons. The molecule has 4 unspecified atom stereocenters. The van der Waals surface area contributed by atoms with Crippen molar-refractivity contribution in [3.05, 3.63) is 23.7 Å². The van der Waals surface area contributed by atoms with Gasteiger partial charge in [-0.1, -0.05) is 0 Å². The zero-order valence-electron chi connectivity index (χ0n) is 20.0. The van der Waals surface area contributed by atoms with E-state index in [1.165, 1.54) is 25.2 Å². The van der Waals surface area contributed by atoms with Crippen LogP contribution in [0.25, 0.3) is 20.8 Å². The van der Waals surface area contributed by atoms with Crippen LogP contribution >= 0.6 is 11.3 Å². The predicted molar refractivity (Wildman–Crippen MR) is 131 cm³/mol. The van der Waals surface area contributed by atoms with Crippen LogP contribution in [0.4, 0.5) is 16.2 Å². The number of hydrogen-bond donors (Lipinski definition) is 4. The van der Waals surface area contributed by atoms with Gasteiger partial charge in [-0.3, -0.25) is 4.98 Å². The third kappa shape index (κ3) is 4.83. The molecule has 1 saturated carbocycles. The average Bonchev–Trinajstić information content (AvgIpc) is 3.31. The highest BCUT2D eigenvalue weighted by atomic mass is 32.1. The number of aliphatic hydroxyl groups excluding tert-OH is 2. The number of aryl methyl sites for hydroxylation is 2. The van der Waals surface area contributed by atoms with Crippen molar-refractivity contribution in [3.8, 4) is 10.6 Å². The highest BCUT2D eigenvalue weighted by Crippen LogP contribution is 2.41. The number of thiazole rings is 1. The number of aromatic nitrogens is 4. The number of hydrogen-bond acceptors (Lipinski definition) is 10. The predicted octanol–water partition coefficient (Wildman–Crippen LogP) is 3.09. The molecule has 1 aliphatic carbocycles. The fraction of sp³-hybridized carbons (Fsp3) is 0.565. The van der Waals surface area contributed by atoms with Gasteiger partial charge >= 0.3 is 0 Å². The van der Waals surface area contributed by atoms with Gasteiger partial charge in [0.1, 0.15) is 28.1 Å². The zero-order chi connectivity index (χ0) is 24.6. The summed E-state index contributed by atoms with van der Waals surface area (Å²) in [6.07, 6.45) is -0.321. The van der Waals surface area contributed by atoms with E-state index in [1.807, 2.05) is 19.9 Å². The third-order valence-corrected chi connectivity index (χ3v) is 7.31. The molecule has 3 heterocycles. The summed E-state index contributed by atoms with van der Waals surface area (Å²) < 4.78 is 20.8. The minimum Gasteiger partial charge on any atom is -0.390 e. The Kier molecular flexibility index (Phi) is 6.99. The minimum absolute atomic E-state index is 0.254. The van der Waals surface area contributed by atoms with Crippen LogP contribution in [0.1, 0.15) is 31.7 Å². The van der Waals surface area contributed by atoms with Crippen LogP contribution < -0.4 is 10.6 Å². The summed E-state index contributed by atoms with van der Waals surface area (Å²) in [6, 6.07) is 1.33. The summed E-state index contributed by atoms with van der Waals surface area (Å²) in [5.41, 5.74) is 1.39. The number of nitrogens with zero attached hydrogens (tertiary/aromatic N) is 4. The fourth-order valence-corrected chi connectivity index (χ4v) is 5.51. The summed E-state index contributed by atoms with van der Waals surface area (Å²) in [7, 11) is 1.61. The Morgan fingerprint density at radius 1 is 1.18 bits per heavy atom. The number of methoxy groups -OCH3 is 1. The minimum atomic E-state index is -1.63. The Bertz CT molecular complexity index is 1170. The Balaban J connectivity index is 1.75. The molecular formula is C23H31FN6O3S. The second-order valence-electron chi connectivity index (χ2n) is 9.18. The van der Waals surface area contributed by atoms with E-state index in [4.69, 9.17) is 9.72 Å². The molecule has 11 heteroatoms. The van der Waals surface area contributed by atoms with Gasteiger partial charge in [0.05, 0.1) is 40.4 Å². The first-order valence-corrected chi connectivity index (χ1v) is 12.1. The maximum atomic E-state index is 14.7. The second kappa shape index (κ2) is 9.65. The SMILES string of the molecule is COCCNc1nc(C)c(-c2nc3c(C)nccc3s2)c(NC2CC(C(C)(C)F)C(O)C2O)n1. The molecule has 4 atom stereocenters. The van der Waals surface area contributed by atoms with Gasteiger partial charge in [-0.05, 0) is 40.2 Å². The molecule has 0 bridgehead atoms. The molecule has 0 amide bonds. The number of anilines is 2. The number of alkyl halides is 1. The van der Waals surface area contributed by atoms with Gasteiger partial charge in [0.15, 0.2) is 0 Å². The molecule has 0 aliphatic heterocycles. The van der Waals surface area contributed by atoms with Gasteiger partial charge in [0.2, 0.25) is 5.95 Å². The van der Waals surface area contributed by atoms with Crippen LogP contribution in [0.2, 0.25) is 0 Å². The van der Waals surface area contributed by atoms with Crippen LogP contribution in [0.5, 0.6) is 0 Å². The van der Waals surface area contributed by atoms with Crippen molar-refractivity contribution in [2.24, 2.45) is 5.92 Å². The number of nitrogens with one attached hydrogen (secondary N) is 2. The normalized spacial score (nSPS) is 22.9. The van der Waals surface area contributed by atoms with Crippen molar-refractivity contribution in [3.63, 3.8) is 0 Å². The molecule has 3 aromatic rings. The third-order valence-electron chi connectivity index (χ3n) is 6.27.